The molecule has 1 heterocycles. The van der Waals surface area contributed by atoms with Crippen molar-refractivity contribution in [2.24, 2.45) is 0 Å². The SMILES string of the molecule is CCN(CC)CCN(C(=O)C=Cc1ccc(OC)c(OC)c1)c1nc2ccc(F)cc2s1.Cl. The summed E-state index contributed by atoms with van der Waals surface area (Å²) in [5, 5.41) is 0.555. The average Bonchev–Trinajstić information content (AvgIpc) is 3.22. The molecule has 6 nitrogen and oxygen atoms in total. The molecular formula is C24H29ClFN3O3S. The first-order chi connectivity index (χ1) is 15.5. The van der Waals surface area contributed by atoms with E-state index in [0.717, 1.165) is 18.7 Å². The van der Waals surface area contributed by atoms with Crippen LogP contribution in [0.1, 0.15) is 19.4 Å². The maximum atomic E-state index is 13.6. The molecule has 0 atom stereocenters. The number of hydrogen-bond donors (Lipinski definition) is 0. The molecule has 0 saturated carbocycles. The lowest BCUT2D eigenvalue weighted by molar-refractivity contribution is -0.114. The first-order valence-corrected chi connectivity index (χ1v) is 11.3. The number of thiazole rings is 1. The molecule has 0 fully saturated rings. The molecule has 9 heteroatoms. The number of carbonyl (C=O) groups excluding carboxylic acids is 1. The summed E-state index contributed by atoms with van der Waals surface area (Å²) in [7, 11) is 3.15. The third-order valence-corrected chi connectivity index (χ3v) is 6.24. The Morgan fingerprint density at radius 3 is 2.45 bits per heavy atom. The molecule has 0 saturated heterocycles. The van der Waals surface area contributed by atoms with Crippen LogP contribution >= 0.6 is 23.7 Å². The molecule has 3 aromatic rings. The van der Waals surface area contributed by atoms with Gasteiger partial charge in [0.15, 0.2) is 16.6 Å². The van der Waals surface area contributed by atoms with E-state index < -0.39 is 0 Å². The van der Waals surface area contributed by atoms with Crippen molar-refractivity contribution in [3.8, 4) is 11.5 Å². The van der Waals surface area contributed by atoms with Crippen molar-refractivity contribution in [2.45, 2.75) is 13.8 Å². The first-order valence-electron chi connectivity index (χ1n) is 10.5. The molecule has 0 radical (unpaired) electrons. The standard InChI is InChI=1S/C24H28FN3O3S.ClH/c1-5-27(6-2)13-14-28(24-26-19-10-9-18(25)16-22(19)32-24)23(29)12-8-17-7-11-20(30-3)21(15-17)31-4;/h7-12,15-16H,5-6,13-14H2,1-4H3;1H. The third-order valence-electron chi connectivity index (χ3n) is 5.20. The highest BCUT2D eigenvalue weighted by molar-refractivity contribution is 7.22. The lowest BCUT2D eigenvalue weighted by Gasteiger charge is -2.23. The van der Waals surface area contributed by atoms with E-state index >= 15 is 0 Å². The summed E-state index contributed by atoms with van der Waals surface area (Å²) < 4.78 is 24.9. The van der Waals surface area contributed by atoms with Crippen LogP contribution in [0.3, 0.4) is 0 Å². The summed E-state index contributed by atoms with van der Waals surface area (Å²) in [4.78, 5) is 21.7. The van der Waals surface area contributed by atoms with Crippen LogP contribution in [-0.2, 0) is 4.79 Å². The highest BCUT2D eigenvalue weighted by Gasteiger charge is 2.19. The van der Waals surface area contributed by atoms with Crippen LogP contribution in [0.15, 0.2) is 42.5 Å². The van der Waals surface area contributed by atoms with Crippen molar-refractivity contribution in [1.29, 1.82) is 0 Å². The highest BCUT2D eigenvalue weighted by atomic mass is 35.5. The number of carbonyl (C=O) groups is 1. The van der Waals surface area contributed by atoms with Gasteiger partial charge in [0.1, 0.15) is 5.82 Å². The maximum absolute atomic E-state index is 13.6. The number of nitrogens with zero attached hydrogens (tertiary/aromatic N) is 3. The zero-order valence-electron chi connectivity index (χ0n) is 19.2. The Morgan fingerprint density at radius 2 is 1.79 bits per heavy atom. The summed E-state index contributed by atoms with van der Waals surface area (Å²) in [6.07, 6.45) is 3.26. The van der Waals surface area contributed by atoms with Crippen molar-refractivity contribution in [2.75, 3.05) is 45.3 Å². The van der Waals surface area contributed by atoms with Crippen molar-refractivity contribution in [1.82, 2.24) is 9.88 Å². The number of halogens is 2. The fourth-order valence-corrected chi connectivity index (χ4v) is 4.32. The molecular weight excluding hydrogens is 465 g/mol. The zero-order chi connectivity index (χ0) is 23.1. The summed E-state index contributed by atoms with van der Waals surface area (Å²) in [6.45, 7) is 7.17. The molecule has 3 rings (SSSR count). The largest absolute Gasteiger partial charge is 0.493 e. The van der Waals surface area contributed by atoms with Gasteiger partial charge >= 0.3 is 0 Å². The first kappa shape index (κ1) is 26.6. The second kappa shape index (κ2) is 12.5. The van der Waals surface area contributed by atoms with Gasteiger partial charge in [-0.1, -0.05) is 31.3 Å². The second-order valence-corrected chi connectivity index (χ2v) is 8.08. The monoisotopic (exact) mass is 493 g/mol. The van der Waals surface area contributed by atoms with Crippen LogP contribution < -0.4 is 14.4 Å². The van der Waals surface area contributed by atoms with E-state index in [1.165, 1.54) is 29.5 Å². The van der Waals surface area contributed by atoms with Gasteiger partial charge < -0.3 is 14.4 Å². The maximum Gasteiger partial charge on any atom is 0.252 e. The van der Waals surface area contributed by atoms with E-state index in [0.29, 0.717) is 39.9 Å². The summed E-state index contributed by atoms with van der Waals surface area (Å²) in [5.74, 6) is 0.709. The van der Waals surface area contributed by atoms with E-state index in [4.69, 9.17) is 9.47 Å². The van der Waals surface area contributed by atoms with E-state index in [1.54, 1.807) is 37.3 Å². The van der Waals surface area contributed by atoms with Crippen LogP contribution in [-0.4, -0.2) is 56.2 Å². The minimum absolute atomic E-state index is 0. The van der Waals surface area contributed by atoms with Crippen molar-refractivity contribution >= 4 is 51.1 Å². The fraction of sp³-hybridized carbons (Fsp3) is 0.333. The van der Waals surface area contributed by atoms with Crippen molar-refractivity contribution in [3.63, 3.8) is 0 Å². The average molecular weight is 494 g/mol. The van der Waals surface area contributed by atoms with E-state index in [2.05, 4.69) is 23.7 Å². The van der Waals surface area contributed by atoms with Gasteiger partial charge in [0.25, 0.3) is 5.91 Å². The number of benzene rings is 2. The third kappa shape index (κ3) is 6.66. The van der Waals surface area contributed by atoms with Crippen LogP contribution in [0.5, 0.6) is 11.5 Å². The minimum atomic E-state index is -0.318. The predicted molar refractivity (Wildman–Crippen MR) is 136 cm³/mol. The molecule has 0 aliphatic rings. The number of methoxy groups -OCH3 is 2. The van der Waals surface area contributed by atoms with Gasteiger partial charge in [-0.3, -0.25) is 9.69 Å². The molecule has 0 spiro atoms. The molecule has 0 bridgehead atoms. The van der Waals surface area contributed by atoms with Crippen LogP contribution in [0.25, 0.3) is 16.3 Å². The van der Waals surface area contributed by atoms with Crippen LogP contribution in [0.2, 0.25) is 0 Å². The van der Waals surface area contributed by atoms with E-state index in [1.807, 2.05) is 12.1 Å². The van der Waals surface area contributed by atoms with Gasteiger partial charge in [-0.2, -0.15) is 0 Å². The fourth-order valence-electron chi connectivity index (χ4n) is 3.30. The van der Waals surface area contributed by atoms with Gasteiger partial charge in [0.05, 0.1) is 24.4 Å². The molecule has 33 heavy (non-hydrogen) atoms. The molecule has 0 unspecified atom stereocenters. The topological polar surface area (TPSA) is 54.9 Å². The molecule has 0 N–H and O–H groups in total. The van der Waals surface area contributed by atoms with Gasteiger partial charge in [-0.05, 0) is 55.1 Å². The number of rotatable bonds is 10. The van der Waals surface area contributed by atoms with Gasteiger partial charge in [-0.15, -0.1) is 12.4 Å². The number of amides is 1. The quantitative estimate of drug-likeness (QED) is 0.360. The number of fused-ring (bicyclic) bond motifs is 1. The zero-order valence-corrected chi connectivity index (χ0v) is 20.8. The molecule has 1 aromatic heterocycles. The lowest BCUT2D eigenvalue weighted by Crippen LogP contribution is -2.38. The Morgan fingerprint density at radius 1 is 1.06 bits per heavy atom. The Bertz CT molecular complexity index is 1100. The number of likely N-dealkylation sites (N-methyl/N-ethyl adjacent to an activating group) is 1. The smallest absolute Gasteiger partial charge is 0.252 e. The number of anilines is 1. The number of ether oxygens (including phenoxy) is 2. The summed E-state index contributed by atoms with van der Waals surface area (Å²) in [5.41, 5.74) is 1.49. The molecule has 0 aliphatic carbocycles. The number of hydrogen-bond acceptors (Lipinski definition) is 6. The lowest BCUT2D eigenvalue weighted by atomic mass is 10.2. The van der Waals surface area contributed by atoms with Crippen molar-refractivity contribution < 1.29 is 18.7 Å². The van der Waals surface area contributed by atoms with Crippen LogP contribution in [0.4, 0.5) is 9.52 Å². The molecule has 1 amide bonds. The van der Waals surface area contributed by atoms with Gasteiger partial charge in [-0.25, -0.2) is 9.37 Å². The van der Waals surface area contributed by atoms with Crippen molar-refractivity contribution in [3.05, 3.63) is 53.9 Å². The summed E-state index contributed by atoms with van der Waals surface area (Å²) >= 11 is 1.31. The van der Waals surface area contributed by atoms with Gasteiger partial charge in [0.2, 0.25) is 0 Å². The normalized spacial score (nSPS) is 11.1. The second-order valence-electron chi connectivity index (χ2n) is 7.07. The number of aromatic nitrogens is 1. The molecule has 0 aliphatic heterocycles. The minimum Gasteiger partial charge on any atom is -0.493 e. The van der Waals surface area contributed by atoms with E-state index in [9.17, 15) is 9.18 Å². The van der Waals surface area contributed by atoms with E-state index in [-0.39, 0.29) is 24.1 Å². The van der Waals surface area contributed by atoms with Gasteiger partial charge in [0, 0.05) is 19.2 Å². The highest BCUT2D eigenvalue weighted by Crippen LogP contribution is 2.30. The molecule has 178 valence electrons. The Balaban J connectivity index is 0.00000385. The Kier molecular flexibility index (Phi) is 10.1. The Hall–Kier alpha value is -2.68. The Labute approximate surface area is 204 Å². The summed E-state index contributed by atoms with van der Waals surface area (Å²) in [6, 6.07) is 9.92. The van der Waals surface area contributed by atoms with Crippen LogP contribution in [0, 0.1) is 5.82 Å². The molecule has 2 aromatic carbocycles. The predicted octanol–water partition coefficient (Wildman–Crippen LogP) is 5.26.